The Labute approximate surface area is 129 Å². The summed E-state index contributed by atoms with van der Waals surface area (Å²) in [5.74, 6) is 1.74. The average molecular weight is 318 g/mol. The van der Waals surface area contributed by atoms with Crippen LogP contribution in [0.15, 0.2) is 24.3 Å². The molecule has 2 aliphatic rings. The van der Waals surface area contributed by atoms with E-state index in [2.05, 4.69) is 0 Å². The molecule has 20 heavy (non-hydrogen) atoms. The lowest BCUT2D eigenvalue weighted by Gasteiger charge is -2.17. The molecule has 0 aliphatic carbocycles. The van der Waals surface area contributed by atoms with Crippen molar-refractivity contribution >= 4 is 29.9 Å². The predicted octanol–water partition coefficient (Wildman–Crippen LogP) is 2.25. The molecule has 0 aromatic heterocycles. The Balaban J connectivity index is 0.00000147. The summed E-state index contributed by atoms with van der Waals surface area (Å²) in [7, 11) is 0. The highest BCUT2D eigenvalue weighted by Crippen LogP contribution is 2.29. The normalized spacial score (nSPS) is 24.1. The SMILES string of the molecule is Cl.O=C(COc1ccc(Cl)cc1)N1CC2COCC2C1. The topological polar surface area (TPSA) is 38.8 Å². The van der Waals surface area contributed by atoms with Crippen molar-refractivity contribution in [1.29, 1.82) is 0 Å². The van der Waals surface area contributed by atoms with E-state index in [1.54, 1.807) is 24.3 Å². The first-order valence-corrected chi connectivity index (χ1v) is 6.84. The number of halogens is 2. The Hall–Kier alpha value is -0.970. The zero-order valence-corrected chi connectivity index (χ0v) is 12.5. The van der Waals surface area contributed by atoms with E-state index >= 15 is 0 Å². The van der Waals surface area contributed by atoms with Crippen molar-refractivity contribution in [3.05, 3.63) is 29.3 Å². The summed E-state index contributed by atoms with van der Waals surface area (Å²) in [6.07, 6.45) is 0. The third-order valence-electron chi connectivity index (χ3n) is 3.77. The fourth-order valence-electron chi connectivity index (χ4n) is 2.66. The number of hydrogen-bond acceptors (Lipinski definition) is 3. The summed E-state index contributed by atoms with van der Waals surface area (Å²) >= 11 is 5.79. The Morgan fingerprint density at radius 3 is 2.45 bits per heavy atom. The molecule has 2 heterocycles. The van der Waals surface area contributed by atoms with Gasteiger partial charge >= 0.3 is 0 Å². The van der Waals surface area contributed by atoms with Gasteiger partial charge in [0.25, 0.3) is 5.91 Å². The van der Waals surface area contributed by atoms with E-state index in [9.17, 15) is 4.79 Å². The van der Waals surface area contributed by atoms with Gasteiger partial charge in [-0.25, -0.2) is 0 Å². The van der Waals surface area contributed by atoms with E-state index in [1.165, 1.54) is 0 Å². The maximum absolute atomic E-state index is 12.1. The number of ether oxygens (including phenoxy) is 2. The highest BCUT2D eigenvalue weighted by atomic mass is 35.5. The molecule has 2 atom stereocenters. The standard InChI is InChI=1S/C14H16ClNO3.ClH/c15-12-1-3-13(4-2-12)19-9-14(17)16-5-10-7-18-8-11(10)6-16;/h1-4,10-11H,5-9H2;1H. The quantitative estimate of drug-likeness (QED) is 0.858. The molecule has 0 N–H and O–H groups in total. The van der Waals surface area contributed by atoms with Gasteiger partial charge in [0.15, 0.2) is 6.61 Å². The maximum Gasteiger partial charge on any atom is 0.260 e. The molecule has 3 rings (SSSR count). The van der Waals surface area contributed by atoms with E-state index in [0.717, 1.165) is 26.3 Å². The molecule has 4 nitrogen and oxygen atoms in total. The number of rotatable bonds is 3. The van der Waals surface area contributed by atoms with Crippen LogP contribution >= 0.6 is 24.0 Å². The second-order valence-electron chi connectivity index (χ2n) is 5.10. The number of nitrogens with zero attached hydrogens (tertiary/aromatic N) is 1. The van der Waals surface area contributed by atoms with Crippen molar-refractivity contribution < 1.29 is 14.3 Å². The second-order valence-corrected chi connectivity index (χ2v) is 5.54. The van der Waals surface area contributed by atoms with Crippen molar-refractivity contribution in [2.45, 2.75) is 0 Å². The largest absolute Gasteiger partial charge is 0.484 e. The van der Waals surface area contributed by atoms with Crippen LogP contribution in [0.5, 0.6) is 5.75 Å². The molecule has 1 aromatic rings. The Morgan fingerprint density at radius 2 is 1.85 bits per heavy atom. The predicted molar refractivity (Wildman–Crippen MR) is 78.6 cm³/mol. The van der Waals surface area contributed by atoms with Gasteiger partial charge in [-0.3, -0.25) is 4.79 Å². The highest BCUT2D eigenvalue weighted by Gasteiger charge is 2.38. The summed E-state index contributed by atoms with van der Waals surface area (Å²) in [5, 5.41) is 0.658. The summed E-state index contributed by atoms with van der Waals surface area (Å²) < 4.78 is 10.9. The first-order chi connectivity index (χ1) is 9.22. The average Bonchev–Trinajstić information content (AvgIpc) is 2.98. The maximum atomic E-state index is 12.1. The van der Waals surface area contributed by atoms with Crippen LogP contribution in [0.1, 0.15) is 0 Å². The fourth-order valence-corrected chi connectivity index (χ4v) is 2.78. The van der Waals surface area contributed by atoms with Crippen LogP contribution in [-0.4, -0.2) is 43.7 Å². The van der Waals surface area contributed by atoms with Gasteiger partial charge in [-0.1, -0.05) is 11.6 Å². The zero-order chi connectivity index (χ0) is 13.2. The molecule has 2 saturated heterocycles. The lowest BCUT2D eigenvalue weighted by atomic mass is 10.0. The lowest BCUT2D eigenvalue weighted by Crippen LogP contribution is -2.34. The molecule has 1 aromatic carbocycles. The van der Waals surface area contributed by atoms with Crippen molar-refractivity contribution in [3.8, 4) is 5.75 Å². The minimum atomic E-state index is 0. The number of carbonyl (C=O) groups is 1. The minimum absolute atomic E-state index is 0. The van der Waals surface area contributed by atoms with Crippen LogP contribution in [-0.2, 0) is 9.53 Å². The number of benzene rings is 1. The van der Waals surface area contributed by atoms with Crippen molar-refractivity contribution in [2.24, 2.45) is 11.8 Å². The van der Waals surface area contributed by atoms with Crippen molar-refractivity contribution in [2.75, 3.05) is 32.9 Å². The van der Waals surface area contributed by atoms with Crippen LogP contribution in [0, 0.1) is 11.8 Å². The number of likely N-dealkylation sites (tertiary alicyclic amines) is 1. The van der Waals surface area contributed by atoms with Gasteiger partial charge in [0, 0.05) is 29.9 Å². The van der Waals surface area contributed by atoms with Crippen LogP contribution in [0.3, 0.4) is 0 Å². The van der Waals surface area contributed by atoms with E-state index < -0.39 is 0 Å². The lowest BCUT2D eigenvalue weighted by molar-refractivity contribution is -0.132. The molecule has 0 spiro atoms. The van der Waals surface area contributed by atoms with E-state index in [-0.39, 0.29) is 24.9 Å². The molecule has 1 amide bonds. The molecule has 0 saturated carbocycles. The number of carbonyl (C=O) groups excluding carboxylic acids is 1. The summed E-state index contributed by atoms with van der Waals surface area (Å²) in [6, 6.07) is 7.03. The Kier molecular flexibility index (Phi) is 5.13. The monoisotopic (exact) mass is 317 g/mol. The van der Waals surface area contributed by atoms with Gasteiger partial charge in [-0.2, -0.15) is 0 Å². The van der Waals surface area contributed by atoms with Gasteiger partial charge in [0.2, 0.25) is 0 Å². The smallest absolute Gasteiger partial charge is 0.260 e. The van der Waals surface area contributed by atoms with Gasteiger partial charge in [0.05, 0.1) is 13.2 Å². The zero-order valence-electron chi connectivity index (χ0n) is 11.0. The van der Waals surface area contributed by atoms with Gasteiger partial charge in [-0.15, -0.1) is 12.4 Å². The summed E-state index contributed by atoms with van der Waals surface area (Å²) in [4.78, 5) is 13.9. The number of amides is 1. The molecular weight excluding hydrogens is 301 g/mol. The fraction of sp³-hybridized carbons (Fsp3) is 0.500. The third kappa shape index (κ3) is 3.37. The van der Waals surface area contributed by atoms with E-state index in [1.807, 2.05) is 4.90 Å². The van der Waals surface area contributed by atoms with Gasteiger partial charge < -0.3 is 14.4 Å². The van der Waals surface area contributed by atoms with E-state index in [4.69, 9.17) is 21.1 Å². The van der Waals surface area contributed by atoms with Crippen molar-refractivity contribution in [3.63, 3.8) is 0 Å². The molecule has 0 bridgehead atoms. The minimum Gasteiger partial charge on any atom is -0.484 e. The van der Waals surface area contributed by atoms with Gasteiger partial charge in [0.1, 0.15) is 5.75 Å². The molecular formula is C14H17Cl2NO3. The van der Waals surface area contributed by atoms with Gasteiger partial charge in [-0.05, 0) is 24.3 Å². The van der Waals surface area contributed by atoms with Crippen LogP contribution in [0.25, 0.3) is 0 Å². The van der Waals surface area contributed by atoms with Crippen LogP contribution in [0.4, 0.5) is 0 Å². The third-order valence-corrected chi connectivity index (χ3v) is 4.02. The molecule has 2 aliphatic heterocycles. The number of fused-ring (bicyclic) bond motifs is 1. The first-order valence-electron chi connectivity index (χ1n) is 6.46. The number of hydrogen-bond donors (Lipinski definition) is 0. The molecule has 110 valence electrons. The first kappa shape index (κ1) is 15.4. The summed E-state index contributed by atoms with van der Waals surface area (Å²) in [6.45, 7) is 3.25. The highest BCUT2D eigenvalue weighted by molar-refractivity contribution is 6.30. The molecule has 2 unspecified atom stereocenters. The molecule has 0 radical (unpaired) electrons. The summed E-state index contributed by atoms with van der Waals surface area (Å²) in [5.41, 5.74) is 0. The second kappa shape index (κ2) is 6.66. The van der Waals surface area contributed by atoms with Crippen LogP contribution < -0.4 is 4.74 Å². The van der Waals surface area contributed by atoms with Crippen molar-refractivity contribution in [1.82, 2.24) is 4.90 Å². The molecule has 2 fully saturated rings. The molecule has 6 heteroatoms. The Bertz CT molecular complexity index is 454. The van der Waals surface area contributed by atoms with Crippen LogP contribution in [0.2, 0.25) is 5.02 Å². The Morgan fingerprint density at radius 1 is 1.25 bits per heavy atom. The van der Waals surface area contributed by atoms with E-state index in [0.29, 0.717) is 22.6 Å².